The number of fused-ring (bicyclic) bond motifs is 4. The third-order valence-electron chi connectivity index (χ3n) is 7.86. The molecule has 42 heavy (non-hydrogen) atoms. The van der Waals surface area contributed by atoms with Gasteiger partial charge >= 0.3 is 0 Å². The predicted octanol–water partition coefficient (Wildman–Crippen LogP) is -1.69. The zero-order chi connectivity index (χ0) is 30.7. The average Bonchev–Trinajstić information content (AvgIpc) is 2.99. The number of methoxy groups -OCH3 is 1. The highest BCUT2D eigenvalue weighted by molar-refractivity contribution is 6.07. The number of nitrogens with zero attached hydrogens (tertiary/aromatic N) is 2. The van der Waals surface area contributed by atoms with Crippen molar-refractivity contribution >= 4 is 34.8 Å². The number of pyridine rings is 1. The van der Waals surface area contributed by atoms with Gasteiger partial charge in [-0.3, -0.25) is 9.88 Å². The van der Waals surface area contributed by atoms with Gasteiger partial charge in [-0.1, -0.05) is 6.08 Å². The number of aromatic nitrogens is 1. The Kier molecular flexibility index (Phi) is 8.88. The number of aromatic carboxylic acids is 4. The van der Waals surface area contributed by atoms with Gasteiger partial charge in [-0.15, -0.1) is 6.58 Å². The number of carboxylic acids is 4. The molecule has 3 fully saturated rings. The molecule has 1 unspecified atom stereocenters. The fraction of sp³-hybridized carbons (Fsp3) is 0.300. The molecule has 0 aliphatic carbocycles. The van der Waals surface area contributed by atoms with Crippen molar-refractivity contribution in [3.8, 4) is 5.75 Å². The van der Waals surface area contributed by atoms with Gasteiger partial charge in [0.1, 0.15) is 5.75 Å². The molecule has 220 valence electrons. The first-order valence-electron chi connectivity index (χ1n) is 13.0. The summed E-state index contributed by atoms with van der Waals surface area (Å²) >= 11 is 0. The second-order valence-corrected chi connectivity index (χ2v) is 10.1. The maximum atomic E-state index is 11.2. The van der Waals surface area contributed by atoms with Crippen LogP contribution in [0.5, 0.6) is 5.75 Å². The third-order valence-corrected chi connectivity index (χ3v) is 7.86. The molecule has 2 aromatic carbocycles. The summed E-state index contributed by atoms with van der Waals surface area (Å²) < 4.78 is 5.35. The lowest BCUT2D eigenvalue weighted by atomic mass is 9.73. The van der Waals surface area contributed by atoms with Crippen molar-refractivity contribution in [3.63, 3.8) is 0 Å². The number of hydrogen-bond donors (Lipinski definition) is 1. The highest BCUT2D eigenvalue weighted by Crippen LogP contribution is 2.42. The number of piperidine rings is 3. The van der Waals surface area contributed by atoms with Crippen molar-refractivity contribution in [2.75, 3.05) is 20.2 Å². The molecule has 1 aromatic heterocycles. The van der Waals surface area contributed by atoms with Crippen molar-refractivity contribution in [2.45, 2.75) is 25.0 Å². The summed E-state index contributed by atoms with van der Waals surface area (Å²) in [4.78, 5) is 49.3. The fourth-order valence-electron chi connectivity index (χ4n) is 5.72. The van der Waals surface area contributed by atoms with Gasteiger partial charge in [-0.05, 0) is 73.2 Å². The maximum absolute atomic E-state index is 11.2. The Morgan fingerprint density at radius 2 is 1.55 bits per heavy atom. The summed E-state index contributed by atoms with van der Waals surface area (Å²) in [7, 11) is 1.66. The number of hydrogen-bond acceptors (Lipinski definition) is 12. The molecule has 3 aliphatic heterocycles. The van der Waals surface area contributed by atoms with E-state index < -0.39 is 52.2 Å². The molecule has 0 saturated carbocycles. The minimum absolute atomic E-state index is 0.178. The van der Waals surface area contributed by atoms with E-state index in [9.17, 15) is 44.7 Å². The van der Waals surface area contributed by atoms with Crippen LogP contribution in [0.2, 0.25) is 0 Å². The highest BCUT2D eigenvalue weighted by atomic mass is 16.5. The Labute approximate surface area is 240 Å². The molecule has 5 atom stereocenters. The number of carbonyl (C=O) groups is 4. The Balaban J connectivity index is 0.000000202. The summed E-state index contributed by atoms with van der Waals surface area (Å²) in [6, 6.07) is 8.57. The van der Waals surface area contributed by atoms with Crippen molar-refractivity contribution in [1.29, 1.82) is 0 Å². The van der Waals surface area contributed by atoms with Gasteiger partial charge in [0.05, 0.1) is 42.6 Å². The van der Waals surface area contributed by atoms with Gasteiger partial charge in [0, 0.05) is 46.4 Å². The highest BCUT2D eigenvalue weighted by Gasteiger charge is 2.42. The van der Waals surface area contributed by atoms with E-state index >= 15 is 0 Å². The molecular formula is C30H26N2O10-4. The van der Waals surface area contributed by atoms with Crippen LogP contribution in [0.15, 0.2) is 55.3 Å². The van der Waals surface area contributed by atoms with Crippen molar-refractivity contribution in [2.24, 2.45) is 11.8 Å². The van der Waals surface area contributed by atoms with Crippen LogP contribution in [0.1, 0.15) is 65.9 Å². The van der Waals surface area contributed by atoms with E-state index in [-0.39, 0.29) is 6.04 Å². The van der Waals surface area contributed by atoms with Crippen molar-refractivity contribution in [3.05, 3.63) is 83.1 Å². The van der Waals surface area contributed by atoms with E-state index in [4.69, 9.17) is 4.74 Å². The van der Waals surface area contributed by atoms with Crippen LogP contribution in [0.3, 0.4) is 0 Å². The lowest BCUT2D eigenvalue weighted by Gasteiger charge is -2.50. The largest absolute Gasteiger partial charge is 0.545 e. The summed E-state index contributed by atoms with van der Waals surface area (Å²) in [5.74, 6) is -5.99. The zero-order valence-corrected chi connectivity index (χ0v) is 22.5. The van der Waals surface area contributed by atoms with E-state index in [1.165, 1.54) is 6.42 Å². The number of rotatable bonds is 8. The van der Waals surface area contributed by atoms with Gasteiger partial charge in [0.2, 0.25) is 0 Å². The topological polar surface area (TPSA) is 206 Å². The normalized spacial score (nSPS) is 21.5. The van der Waals surface area contributed by atoms with Crippen LogP contribution in [-0.4, -0.2) is 65.1 Å². The first kappa shape index (κ1) is 30.2. The van der Waals surface area contributed by atoms with E-state index in [2.05, 4.69) is 22.5 Å². The molecule has 12 nitrogen and oxygen atoms in total. The van der Waals surface area contributed by atoms with Gasteiger partial charge in [0.25, 0.3) is 0 Å². The van der Waals surface area contributed by atoms with Gasteiger partial charge in [-0.2, -0.15) is 0 Å². The van der Waals surface area contributed by atoms with Crippen LogP contribution >= 0.6 is 0 Å². The van der Waals surface area contributed by atoms with E-state index in [0.717, 1.165) is 41.7 Å². The van der Waals surface area contributed by atoms with Crippen molar-refractivity contribution in [1.82, 2.24) is 9.88 Å². The second-order valence-electron chi connectivity index (χ2n) is 10.1. The quantitative estimate of drug-likeness (QED) is 0.299. The van der Waals surface area contributed by atoms with Crippen LogP contribution in [0.4, 0.5) is 0 Å². The second kappa shape index (κ2) is 12.4. The minimum atomic E-state index is -2.00. The first-order chi connectivity index (χ1) is 20.0. The lowest BCUT2D eigenvalue weighted by molar-refractivity contribution is -0.261. The molecule has 4 heterocycles. The van der Waals surface area contributed by atoms with Crippen molar-refractivity contribution < 1.29 is 49.4 Å². The Morgan fingerprint density at radius 1 is 0.976 bits per heavy atom. The Hall–Kier alpha value is -4.81. The molecule has 3 aliphatic rings. The molecular weight excluding hydrogens is 548 g/mol. The number of aliphatic hydroxyl groups excluding tert-OH is 1. The molecule has 0 radical (unpaired) electrons. The number of aliphatic hydroxyl groups is 1. The van der Waals surface area contributed by atoms with Gasteiger partial charge in [0.15, 0.2) is 0 Å². The number of carbonyl (C=O) groups excluding carboxylic acids is 4. The predicted molar refractivity (Wildman–Crippen MR) is 139 cm³/mol. The first-order valence-corrected chi connectivity index (χ1v) is 13.0. The summed E-state index contributed by atoms with van der Waals surface area (Å²) in [5, 5.41) is 54.5. The third kappa shape index (κ3) is 5.94. The summed E-state index contributed by atoms with van der Waals surface area (Å²) in [6.45, 7) is 6.07. The number of ether oxygens (including phenoxy) is 1. The molecule has 1 N–H and O–H groups in total. The standard InChI is InChI=1S/C20H24N2O2.C10H6O8/c1-3-13-12-22-9-7-14(13)10-19(22)20(23)16-6-8-21-18-5-4-15(24-2)11-17(16)18;11-7(12)3-1-4(8(13)14)6(10(17)18)2-5(3)9(15)16/h3-6,8,11,13-14,19-20,23H,1,7,9-10,12H2,2H3;1-2H,(H,11,12)(H,13,14)(H,15,16)(H,17,18)/p-4/t13-,14-,19-,20+;/m0./s1. The monoisotopic (exact) mass is 574 g/mol. The van der Waals surface area contributed by atoms with E-state index in [0.29, 0.717) is 24.0 Å². The molecule has 2 bridgehead atoms. The number of benzene rings is 2. The molecule has 6 rings (SSSR count). The molecule has 3 saturated heterocycles. The Bertz CT molecular complexity index is 1470. The molecule has 0 spiro atoms. The maximum Gasteiger partial charge on any atom is 0.119 e. The van der Waals surface area contributed by atoms with Crippen LogP contribution in [0.25, 0.3) is 10.9 Å². The minimum Gasteiger partial charge on any atom is -0.545 e. The molecule has 0 amide bonds. The van der Waals surface area contributed by atoms with Gasteiger partial charge in [-0.25, -0.2) is 0 Å². The van der Waals surface area contributed by atoms with Crippen LogP contribution < -0.4 is 25.2 Å². The molecule has 12 heteroatoms. The smallest absolute Gasteiger partial charge is 0.119 e. The molecule has 3 aromatic rings. The summed E-state index contributed by atoms with van der Waals surface area (Å²) in [6.07, 6.45) is 5.62. The summed E-state index contributed by atoms with van der Waals surface area (Å²) in [5.41, 5.74) is -2.27. The lowest BCUT2D eigenvalue weighted by Crippen LogP contribution is -2.54. The fourth-order valence-corrected chi connectivity index (χ4v) is 5.72. The van der Waals surface area contributed by atoms with E-state index in [1.54, 1.807) is 13.3 Å². The van der Waals surface area contributed by atoms with Crippen LogP contribution in [0, 0.1) is 11.8 Å². The average molecular weight is 575 g/mol. The Morgan fingerprint density at radius 3 is 2.00 bits per heavy atom. The SMILES string of the molecule is C=C[C@H]1CN2CC[C@H]1C[C@H]2[C@H](O)c1ccnc2ccc(OC)cc12.O=C([O-])c1cc(C(=O)[O-])c(C(=O)[O-])cc1C(=O)[O-]. The van der Waals surface area contributed by atoms with Gasteiger partial charge < -0.3 is 49.4 Å². The van der Waals surface area contributed by atoms with E-state index in [1.807, 2.05) is 24.3 Å². The zero-order valence-electron chi connectivity index (χ0n) is 22.5. The number of carboxylic acid groups (broad SMARTS) is 4. The van der Waals surface area contributed by atoms with Crippen LogP contribution in [-0.2, 0) is 0 Å².